The zero-order valence-electron chi connectivity index (χ0n) is 11.2. The molecule has 0 radical (unpaired) electrons. The monoisotopic (exact) mass is 353 g/mol. The van der Waals surface area contributed by atoms with E-state index < -0.39 is 0 Å². The summed E-state index contributed by atoms with van der Waals surface area (Å²) in [6.07, 6.45) is 6.00. The van der Waals surface area contributed by atoms with Crippen molar-refractivity contribution >= 4 is 39.1 Å². The largest absolute Gasteiger partial charge is 0.325 e. The number of alkyl halides is 1. The number of carbonyl (C=O) groups is 1. The third-order valence-electron chi connectivity index (χ3n) is 5.21. The predicted octanol–water partition coefficient (Wildman–Crippen LogP) is 4.71. The molecule has 2 nitrogen and oxygen atoms in total. The van der Waals surface area contributed by atoms with Gasteiger partial charge in [-0.25, -0.2) is 0 Å². The number of hydrogen-bond acceptors (Lipinski definition) is 1. The van der Waals surface area contributed by atoms with Crippen LogP contribution in [0.15, 0.2) is 12.1 Å². The summed E-state index contributed by atoms with van der Waals surface area (Å²) in [5, 5.41) is 3.63. The Balaban J connectivity index is 1.62. The van der Waals surface area contributed by atoms with Crippen LogP contribution in [-0.2, 0) is 11.2 Å². The summed E-state index contributed by atoms with van der Waals surface area (Å²) in [6.45, 7) is 0. The molecule has 0 bridgehead atoms. The van der Waals surface area contributed by atoms with E-state index in [1.54, 1.807) is 0 Å². The zero-order chi connectivity index (χ0) is 13.9. The summed E-state index contributed by atoms with van der Waals surface area (Å²) < 4.78 is 0. The highest BCUT2D eigenvalue weighted by molar-refractivity contribution is 9.09. The van der Waals surface area contributed by atoms with E-state index in [1.165, 1.54) is 31.2 Å². The van der Waals surface area contributed by atoms with E-state index in [0.717, 1.165) is 34.0 Å². The molecule has 2 fully saturated rings. The number of halogens is 2. The quantitative estimate of drug-likeness (QED) is 0.766. The number of amides is 1. The van der Waals surface area contributed by atoms with Crippen LogP contribution in [-0.4, -0.2) is 5.91 Å². The SMILES string of the molecule is O=C1Cc2cc(C(Br)C3C4CCCCC43)c(Cl)cc2N1. The molecular weight excluding hydrogens is 338 g/mol. The molecule has 3 atom stereocenters. The van der Waals surface area contributed by atoms with Gasteiger partial charge in [0.05, 0.1) is 6.42 Å². The van der Waals surface area contributed by atoms with Crippen molar-refractivity contribution < 1.29 is 4.79 Å². The molecule has 2 saturated carbocycles. The van der Waals surface area contributed by atoms with Crippen LogP contribution in [0.3, 0.4) is 0 Å². The molecule has 4 heteroatoms. The Morgan fingerprint density at radius 3 is 2.65 bits per heavy atom. The van der Waals surface area contributed by atoms with Gasteiger partial charge in [-0.2, -0.15) is 0 Å². The lowest BCUT2D eigenvalue weighted by molar-refractivity contribution is -0.115. The average Bonchev–Trinajstić information content (AvgIpc) is 3.04. The number of anilines is 1. The van der Waals surface area contributed by atoms with Gasteiger partial charge < -0.3 is 5.32 Å². The number of carbonyl (C=O) groups excluding carboxylic acids is 1. The minimum atomic E-state index is 0.0689. The average molecular weight is 355 g/mol. The second-order valence-electron chi connectivity index (χ2n) is 6.35. The highest BCUT2D eigenvalue weighted by Gasteiger charge is 2.54. The summed E-state index contributed by atoms with van der Waals surface area (Å²) in [6, 6.07) is 4.04. The maximum atomic E-state index is 11.5. The van der Waals surface area contributed by atoms with Crippen LogP contribution < -0.4 is 5.32 Å². The van der Waals surface area contributed by atoms with Gasteiger partial charge in [-0.05, 0) is 47.8 Å². The first-order chi connectivity index (χ1) is 9.65. The molecule has 0 spiro atoms. The molecule has 3 unspecified atom stereocenters. The third-order valence-corrected chi connectivity index (χ3v) is 6.64. The van der Waals surface area contributed by atoms with Gasteiger partial charge in [0.1, 0.15) is 0 Å². The van der Waals surface area contributed by atoms with E-state index in [1.807, 2.05) is 6.07 Å². The first-order valence-electron chi connectivity index (χ1n) is 7.41. The second kappa shape index (κ2) is 4.74. The fourth-order valence-corrected chi connectivity index (χ4v) is 5.74. The lowest BCUT2D eigenvalue weighted by atomic mass is 10.0. The van der Waals surface area contributed by atoms with Crippen molar-refractivity contribution in [2.24, 2.45) is 17.8 Å². The molecule has 1 amide bonds. The van der Waals surface area contributed by atoms with E-state index in [4.69, 9.17) is 11.6 Å². The van der Waals surface area contributed by atoms with Crippen LogP contribution in [0.5, 0.6) is 0 Å². The molecule has 1 heterocycles. The van der Waals surface area contributed by atoms with E-state index in [9.17, 15) is 4.79 Å². The maximum absolute atomic E-state index is 11.5. The minimum Gasteiger partial charge on any atom is -0.325 e. The third kappa shape index (κ3) is 2.01. The summed E-state index contributed by atoms with van der Waals surface area (Å²) in [5.41, 5.74) is 3.14. The molecule has 106 valence electrons. The predicted molar refractivity (Wildman–Crippen MR) is 84.4 cm³/mol. The van der Waals surface area contributed by atoms with Crippen LogP contribution >= 0.6 is 27.5 Å². The summed E-state index contributed by atoms with van der Waals surface area (Å²) >= 11 is 10.3. The highest BCUT2D eigenvalue weighted by atomic mass is 79.9. The standard InChI is InChI=1S/C16H17BrClNO/c17-16(15-9-3-1-2-4-10(9)15)11-5-8-6-14(20)19-13(8)7-12(11)18/h5,7,9-10,15-16H,1-4,6H2,(H,19,20). The Hall–Kier alpha value is -0.540. The molecule has 3 aliphatic rings. The smallest absolute Gasteiger partial charge is 0.228 e. The molecular formula is C16H17BrClNO. The van der Waals surface area contributed by atoms with Crippen LogP contribution in [0.4, 0.5) is 5.69 Å². The zero-order valence-corrected chi connectivity index (χ0v) is 13.5. The van der Waals surface area contributed by atoms with Crippen LogP contribution in [0, 0.1) is 17.8 Å². The minimum absolute atomic E-state index is 0.0689. The van der Waals surface area contributed by atoms with Crippen molar-refractivity contribution in [1.82, 2.24) is 0 Å². The van der Waals surface area contributed by atoms with E-state index >= 15 is 0 Å². The summed E-state index contributed by atoms with van der Waals surface area (Å²) in [7, 11) is 0. The van der Waals surface area contributed by atoms with E-state index in [0.29, 0.717) is 11.2 Å². The van der Waals surface area contributed by atoms with Crippen molar-refractivity contribution in [1.29, 1.82) is 0 Å². The first kappa shape index (κ1) is 13.1. The fourth-order valence-electron chi connectivity index (χ4n) is 4.17. The molecule has 20 heavy (non-hydrogen) atoms. The lowest BCUT2D eigenvalue weighted by Crippen LogP contribution is -2.03. The number of rotatable bonds is 2. The Bertz CT molecular complexity index is 576. The normalized spacial score (nSPS) is 32.3. The molecule has 1 N–H and O–H groups in total. The number of hydrogen-bond donors (Lipinski definition) is 1. The maximum Gasteiger partial charge on any atom is 0.228 e. The van der Waals surface area contributed by atoms with Gasteiger partial charge in [0.15, 0.2) is 0 Å². The Morgan fingerprint density at radius 1 is 1.25 bits per heavy atom. The first-order valence-corrected chi connectivity index (χ1v) is 8.71. The Morgan fingerprint density at radius 2 is 1.95 bits per heavy atom. The van der Waals surface area contributed by atoms with Crippen molar-refractivity contribution in [3.05, 3.63) is 28.3 Å². The van der Waals surface area contributed by atoms with E-state index in [-0.39, 0.29) is 5.91 Å². The van der Waals surface area contributed by atoms with Crippen molar-refractivity contribution in [3.8, 4) is 0 Å². The van der Waals surface area contributed by atoms with Crippen LogP contribution in [0.2, 0.25) is 5.02 Å². The van der Waals surface area contributed by atoms with Gasteiger partial charge in [-0.15, -0.1) is 0 Å². The van der Waals surface area contributed by atoms with Crippen molar-refractivity contribution in [3.63, 3.8) is 0 Å². The van der Waals surface area contributed by atoms with Crippen LogP contribution in [0.1, 0.15) is 41.6 Å². The topological polar surface area (TPSA) is 29.1 Å². The molecule has 4 rings (SSSR count). The second-order valence-corrected chi connectivity index (χ2v) is 7.74. The highest BCUT2D eigenvalue weighted by Crippen LogP contribution is 2.63. The fraction of sp³-hybridized carbons (Fsp3) is 0.562. The van der Waals surface area contributed by atoms with Crippen molar-refractivity contribution in [2.45, 2.75) is 36.9 Å². The lowest BCUT2D eigenvalue weighted by Gasteiger charge is -2.14. The van der Waals surface area contributed by atoms with Gasteiger partial charge in [-0.3, -0.25) is 4.79 Å². The summed E-state index contributed by atoms with van der Waals surface area (Å²) in [5.74, 6) is 2.58. The molecule has 2 aliphatic carbocycles. The van der Waals surface area contributed by atoms with Gasteiger partial charge in [0.25, 0.3) is 0 Å². The molecule has 1 aromatic carbocycles. The van der Waals surface area contributed by atoms with E-state index in [2.05, 4.69) is 27.3 Å². The molecule has 0 saturated heterocycles. The Kier molecular flexibility index (Phi) is 3.11. The number of fused-ring (bicyclic) bond motifs is 2. The number of benzene rings is 1. The van der Waals surface area contributed by atoms with Crippen LogP contribution in [0.25, 0.3) is 0 Å². The van der Waals surface area contributed by atoms with Gasteiger partial charge in [0, 0.05) is 15.5 Å². The summed E-state index contributed by atoms with van der Waals surface area (Å²) in [4.78, 5) is 11.8. The van der Waals surface area contributed by atoms with Gasteiger partial charge >= 0.3 is 0 Å². The van der Waals surface area contributed by atoms with Gasteiger partial charge in [-0.1, -0.05) is 46.4 Å². The molecule has 0 aromatic heterocycles. The van der Waals surface area contributed by atoms with Crippen molar-refractivity contribution in [2.75, 3.05) is 5.32 Å². The Labute approximate surface area is 132 Å². The molecule has 1 aromatic rings. The number of nitrogens with one attached hydrogen (secondary N) is 1. The molecule has 1 aliphatic heterocycles. The van der Waals surface area contributed by atoms with Gasteiger partial charge in [0.2, 0.25) is 5.91 Å².